The number of thioether (sulfide) groups is 1. The number of Topliss-reactive ketones (excluding diaryl/α,β-unsaturated/α-hetero) is 1. The van der Waals surface area contributed by atoms with E-state index < -0.39 is 11.9 Å². The maximum atomic E-state index is 12.9. The number of benzene rings is 1. The molecule has 0 N–H and O–H groups in total. The molecule has 0 aliphatic carbocycles. The molecule has 2 aromatic rings. The number of ether oxygens (including phenoxy) is 1. The molecule has 0 amide bonds. The van der Waals surface area contributed by atoms with Crippen LogP contribution in [0.15, 0.2) is 29.3 Å². The smallest absolute Gasteiger partial charge is 0.433 e. The summed E-state index contributed by atoms with van der Waals surface area (Å²) in [6, 6.07) is 5.52. The lowest BCUT2D eigenvalue weighted by molar-refractivity contribution is -0.141. The second-order valence-electron chi connectivity index (χ2n) is 4.93. The van der Waals surface area contributed by atoms with Crippen molar-refractivity contribution in [2.75, 3.05) is 19.9 Å². The summed E-state index contributed by atoms with van der Waals surface area (Å²) in [7, 11) is 1.37. The van der Waals surface area contributed by atoms with Crippen LogP contribution in [-0.2, 0) is 11.0 Å². The van der Waals surface area contributed by atoms with Crippen LogP contribution >= 0.6 is 11.8 Å². The Labute approximate surface area is 141 Å². The van der Waals surface area contributed by atoms with E-state index >= 15 is 0 Å². The molecule has 0 bridgehead atoms. The van der Waals surface area contributed by atoms with Crippen LogP contribution in [0, 0.1) is 0 Å². The molecule has 0 atom stereocenters. The molecule has 0 radical (unpaired) electrons. The standard InChI is InChI=1S/C16H15F3N2O2S/c1-9(22)8-20-15(24-3)11-4-6-12(23-2)14-10(11)5-7-13(21-14)16(17,18)19/h4-7H,8H2,1-3H3. The van der Waals surface area contributed by atoms with Gasteiger partial charge in [-0.15, -0.1) is 11.8 Å². The van der Waals surface area contributed by atoms with Gasteiger partial charge in [-0.05, 0) is 37.4 Å². The molecule has 2 rings (SSSR count). The van der Waals surface area contributed by atoms with E-state index in [1.165, 1.54) is 31.9 Å². The summed E-state index contributed by atoms with van der Waals surface area (Å²) in [4.78, 5) is 19.1. The number of fused-ring (bicyclic) bond motifs is 1. The first-order valence-corrected chi connectivity index (χ1v) is 8.13. The van der Waals surface area contributed by atoms with Crippen LogP contribution in [-0.4, -0.2) is 35.7 Å². The van der Waals surface area contributed by atoms with Gasteiger partial charge in [0.25, 0.3) is 0 Å². The van der Waals surface area contributed by atoms with Crippen LogP contribution in [0.1, 0.15) is 18.2 Å². The Kier molecular flexibility index (Phi) is 5.48. The zero-order valence-corrected chi connectivity index (χ0v) is 14.1. The van der Waals surface area contributed by atoms with Gasteiger partial charge in [0.15, 0.2) is 5.78 Å². The number of rotatable bonds is 4. The normalized spacial score (nSPS) is 12.5. The number of carbonyl (C=O) groups is 1. The molecule has 0 fully saturated rings. The number of methoxy groups -OCH3 is 1. The Morgan fingerprint density at radius 2 is 2.00 bits per heavy atom. The predicted octanol–water partition coefficient (Wildman–Crippen LogP) is 3.96. The van der Waals surface area contributed by atoms with Gasteiger partial charge in [0, 0.05) is 10.9 Å². The van der Waals surface area contributed by atoms with Crippen molar-refractivity contribution >= 4 is 33.5 Å². The minimum absolute atomic E-state index is 0.0117. The lowest BCUT2D eigenvalue weighted by Crippen LogP contribution is -2.09. The average Bonchev–Trinajstić information content (AvgIpc) is 2.53. The largest absolute Gasteiger partial charge is 0.494 e. The van der Waals surface area contributed by atoms with Crippen LogP contribution < -0.4 is 4.74 Å². The zero-order chi connectivity index (χ0) is 17.9. The third-order valence-electron chi connectivity index (χ3n) is 3.20. The zero-order valence-electron chi connectivity index (χ0n) is 13.3. The number of hydrogen-bond acceptors (Lipinski definition) is 5. The molecule has 1 aromatic heterocycles. The number of hydrogen-bond donors (Lipinski definition) is 0. The summed E-state index contributed by atoms with van der Waals surface area (Å²) in [6.07, 6.45) is -2.76. The van der Waals surface area contributed by atoms with Gasteiger partial charge in [-0.3, -0.25) is 9.79 Å². The molecule has 0 saturated carbocycles. The number of pyridine rings is 1. The number of alkyl halides is 3. The highest BCUT2D eigenvalue weighted by atomic mass is 32.2. The maximum Gasteiger partial charge on any atom is 0.433 e. The van der Waals surface area contributed by atoms with Crippen molar-refractivity contribution in [3.05, 3.63) is 35.5 Å². The summed E-state index contributed by atoms with van der Waals surface area (Å²) >= 11 is 1.31. The Morgan fingerprint density at radius 1 is 1.29 bits per heavy atom. The van der Waals surface area contributed by atoms with E-state index in [9.17, 15) is 18.0 Å². The fourth-order valence-electron chi connectivity index (χ4n) is 2.14. The van der Waals surface area contributed by atoms with Crippen LogP contribution in [0.5, 0.6) is 5.75 Å². The van der Waals surface area contributed by atoms with Gasteiger partial charge in [-0.1, -0.05) is 0 Å². The molecule has 0 saturated heterocycles. The number of halogens is 3. The maximum absolute atomic E-state index is 12.9. The summed E-state index contributed by atoms with van der Waals surface area (Å²) in [5.74, 6) is 0.142. The van der Waals surface area contributed by atoms with E-state index in [0.717, 1.165) is 6.07 Å². The molecule has 24 heavy (non-hydrogen) atoms. The van der Waals surface area contributed by atoms with Gasteiger partial charge in [-0.2, -0.15) is 13.2 Å². The lowest BCUT2D eigenvalue weighted by Gasteiger charge is -2.13. The summed E-state index contributed by atoms with van der Waals surface area (Å²) < 4.78 is 43.9. The molecule has 0 spiro atoms. The summed E-state index contributed by atoms with van der Waals surface area (Å²) in [6.45, 7) is 1.43. The van der Waals surface area contributed by atoms with E-state index in [1.54, 1.807) is 18.4 Å². The number of aliphatic imine (C=N–C) groups is 1. The van der Waals surface area contributed by atoms with Crippen molar-refractivity contribution in [3.8, 4) is 5.75 Å². The molecule has 1 heterocycles. The molecule has 128 valence electrons. The number of carbonyl (C=O) groups excluding carboxylic acids is 1. The molecule has 0 aliphatic rings. The molecular formula is C16H15F3N2O2S. The van der Waals surface area contributed by atoms with Gasteiger partial charge in [0.2, 0.25) is 0 Å². The van der Waals surface area contributed by atoms with Crippen molar-refractivity contribution in [2.24, 2.45) is 4.99 Å². The quantitative estimate of drug-likeness (QED) is 0.615. The monoisotopic (exact) mass is 356 g/mol. The average molecular weight is 356 g/mol. The minimum Gasteiger partial charge on any atom is -0.494 e. The molecule has 1 aromatic carbocycles. The van der Waals surface area contributed by atoms with Gasteiger partial charge in [0.05, 0.1) is 18.7 Å². The van der Waals surface area contributed by atoms with Gasteiger partial charge >= 0.3 is 6.18 Å². The van der Waals surface area contributed by atoms with Crippen molar-refractivity contribution in [3.63, 3.8) is 0 Å². The van der Waals surface area contributed by atoms with E-state index in [1.807, 2.05) is 0 Å². The minimum atomic E-state index is -4.54. The molecule has 0 aliphatic heterocycles. The first kappa shape index (κ1) is 18.3. The second kappa shape index (κ2) is 7.21. The van der Waals surface area contributed by atoms with Crippen molar-refractivity contribution in [1.29, 1.82) is 0 Å². The van der Waals surface area contributed by atoms with Crippen molar-refractivity contribution < 1.29 is 22.7 Å². The fraction of sp³-hybridized carbons (Fsp3) is 0.312. The second-order valence-corrected chi connectivity index (χ2v) is 5.73. The Balaban J connectivity index is 2.68. The Hall–Kier alpha value is -2.09. The van der Waals surface area contributed by atoms with Crippen LogP contribution in [0.4, 0.5) is 13.2 Å². The summed E-state index contributed by atoms with van der Waals surface area (Å²) in [5, 5.41) is 1.04. The van der Waals surface area contributed by atoms with Gasteiger partial charge in [-0.25, -0.2) is 4.98 Å². The van der Waals surface area contributed by atoms with Crippen LogP contribution in [0.2, 0.25) is 0 Å². The topological polar surface area (TPSA) is 51.5 Å². The third kappa shape index (κ3) is 3.87. The highest BCUT2D eigenvalue weighted by Gasteiger charge is 2.33. The predicted molar refractivity (Wildman–Crippen MR) is 88.9 cm³/mol. The Morgan fingerprint density at radius 3 is 2.54 bits per heavy atom. The fourth-order valence-corrected chi connectivity index (χ4v) is 2.74. The highest BCUT2D eigenvalue weighted by molar-refractivity contribution is 8.13. The first-order chi connectivity index (χ1) is 11.3. The number of ketones is 1. The van der Waals surface area contributed by atoms with Crippen molar-refractivity contribution in [1.82, 2.24) is 4.98 Å². The van der Waals surface area contributed by atoms with E-state index in [2.05, 4.69) is 9.98 Å². The molecule has 0 unspecified atom stereocenters. The van der Waals surface area contributed by atoms with E-state index in [-0.39, 0.29) is 23.6 Å². The lowest BCUT2D eigenvalue weighted by atomic mass is 10.1. The van der Waals surface area contributed by atoms with E-state index in [4.69, 9.17) is 4.74 Å². The highest BCUT2D eigenvalue weighted by Crippen LogP contribution is 2.34. The van der Waals surface area contributed by atoms with Crippen LogP contribution in [0.3, 0.4) is 0 Å². The van der Waals surface area contributed by atoms with Crippen LogP contribution in [0.25, 0.3) is 10.9 Å². The Bertz CT molecular complexity index is 804. The van der Waals surface area contributed by atoms with Gasteiger partial charge in [0.1, 0.15) is 17.0 Å². The molecular weight excluding hydrogens is 341 g/mol. The van der Waals surface area contributed by atoms with Crippen molar-refractivity contribution in [2.45, 2.75) is 13.1 Å². The molecule has 4 nitrogen and oxygen atoms in total. The number of nitrogens with zero attached hydrogens (tertiary/aromatic N) is 2. The summed E-state index contributed by atoms with van der Waals surface area (Å²) in [5.41, 5.74) is -0.271. The van der Waals surface area contributed by atoms with Gasteiger partial charge < -0.3 is 4.74 Å². The molecule has 8 heteroatoms. The third-order valence-corrected chi connectivity index (χ3v) is 3.94. The SMILES string of the molecule is COc1ccc(C(=NCC(C)=O)SC)c2ccc(C(F)(F)F)nc12. The van der Waals surface area contributed by atoms with E-state index in [0.29, 0.717) is 16.0 Å². The first-order valence-electron chi connectivity index (χ1n) is 6.91. The number of aromatic nitrogens is 1.